The molecule has 0 bridgehead atoms. The summed E-state index contributed by atoms with van der Waals surface area (Å²) >= 11 is 1.77. The van der Waals surface area contributed by atoms with Gasteiger partial charge in [-0.25, -0.2) is 9.97 Å². The zero-order chi connectivity index (χ0) is 33.0. The van der Waals surface area contributed by atoms with Gasteiger partial charge >= 0.3 is 0 Å². The molecule has 0 aliphatic rings. The van der Waals surface area contributed by atoms with E-state index in [0.717, 1.165) is 43.9 Å². The van der Waals surface area contributed by atoms with Crippen LogP contribution in [0.25, 0.3) is 92.7 Å². The fourth-order valence-electron chi connectivity index (χ4n) is 7.22. The van der Waals surface area contributed by atoms with E-state index in [0.29, 0.717) is 0 Å². The van der Waals surface area contributed by atoms with Gasteiger partial charge in [0.15, 0.2) is 5.82 Å². The zero-order valence-corrected chi connectivity index (χ0v) is 27.8. The molecule has 0 radical (unpaired) electrons. The van der Waals surface area contributed by atoms with E-state index in [4.69, 9.17) is 9.97 Å². The lowest BCUT2D eigenvalue weighted by Crippen LogP contribution is -1.94. The Balaban J connectivity index is 1.11. The van der Waals surface area contributed by atoms with Crippen LogP contribution in [0.1, 0.15) is 0 Å². The van der Waals surface area contributed by atoms with E-state index in [9.17, 15) is 0 Å². The quantitative estimate of drug-likeness (QED) is 0.185. The van der Waals surface area contributed by atoms with Gasteiger partial charge in [0, 0.05) is 37.7 Å². The molecule has 0 unspecified atom stereocenters. The monoisotopic (exact) mass is 655 g/mol. The summed E-state index contributed by atoms with van der Waals surface area (Å²) in [6, 6.07) is 62.5. The van der Waals surface area contributed by atoms with Crippen molar-refractivity contribution >= 4 is 53.4 Å². The van der Waals surface area contributed by atoms with Crippen molar-refractivity contribution in [3.05, 3.63) is 176 Å². The summed E-state index contributed by atoms with van der Waals surface area (Å²) in [5, 5.41) is 3.68. The van der Waals surface area contributed by atoms with Crippen LogP contribution < -0.4 is 0 Å². The molecule has 0 N–H and O–H groups in total. The van der Waals surface area contributed by atoms with Crippen LogP contribution >= 0.6 is 11.3 Å². The molecule has 0 aliphatic carbocycles. The molecular formula is C46H29N3S. The Morgan fingerprint density at radius 2 is 0.960 bits per heavy atom. The normalized spacial score (nSPS) is 11.6. The Hall–Kier alpha value is -6.36. The van der Waals surface area contributed by atoms with Gasteiger partial charge in [-0.15, -0.1) is 11.3 Å². The van der Waals surface area contributed by atoms with E-state index in [2.05, 4.69) is 162 Å². The lowest BCUT2D eigenvalue weighted by Gasteiger charge is -2.10. The number of thiophene rings is 1. The van der Waals surface area contributed by atoms with Crippen molar-refractivity contribution in [3.8, 4) is 50.6 Å². The third-order valence-electron chi connectivity index (χ3n) is 9.63. The molecule has 0 aliphatic heterocycles. The lowest BCUT2D eigenvalue weighted by atomic mass is 10.0. The van der Waals surface area contributed by atoms with Crippen molar-refractivity contribution in [1.29, 1.82) is 0 Å². The molecule has 7 aromatic carbocycles. The van der Waals surface area contributed by atoms with Crippen molar-refractivity contribution in [2.24, 2.45) is 0 Å². The summed E-state index contributed by atoms with van der Waals surface area (Å²) in [6.07, 6.45) is 0. The molecular weight excluding hydrogens is 627 g/mol. The first-order valence-corrected chi connectivity index (χ1v) is 17.6. The van der Waals surface area contributed by atoms with Gasteiger partial charge in [0.25, 0.3) is 0 Å². The molecule has 0 amide bonds. The van der Waals surface area contributed by atoms with Crippen molar-refractivity contribution in [1.82, 2.24) is 14.5 Å². The third kappa shape index (κ3) is 4.73. The molecule has 3 heterocycles. The zero-order valence-electron chi connectivity index (χ0n) is 27.0. The van der Waals surface area contributed by atoms with Gasteiger partial charge in [-0.1, -0.05) is 133 Å². The van der Waals surface area contributed by atoms with Crippen molar-refractivity contribution < 1.29 is 0 Å². The Morgan fingerprint density at radius 3 is 1.68 bits per heavy atom. The van der Waals surface area contributed by atoms with Gasteiger partial charge in [-0.05, 0) is 64.7 Å². The van der Waals surface area contributed by atoms with E-state index in [1.165, 1.54) is 48.8 Å². The second-order valence-electron chi connectivity index (χ2n) is 12.6. The van der Waals surface area contributed by atoms with E-state index >= 15 is 0 Å². The average molecular weight is 656 g/mol. The molecule has 0 saturated carbocycles. The maximum atomic E-state index is 5.24. The number of para-hydroxylation sites is 2. The largest absolute Gasteiger partial charge is 0.309 e. The molecule has 3 aromatic heterocycles. The summed E-state index contributed by atoms with van der Waals surface area (Å²) in [7, 11) is 0. The van der Waals surface area contributed by atoms with Gasteiger partial charge in [0.1, 0.15) is 0 Å². The maximum Gasteiger partial charge on any atom is 0.160 e. The van der Waals surface area contributed by atoms with Crippen LogP contribution in [-0.4, -0.2) is 14.5 Å². The standard InChI is InChI=1S/C46H29N3S/c1-3-12-30(13-4-1)33-16-11-17-35(28-33)43-45-44(48-46(47-43)32-14-5-2-6-15-32)39-29-34(24-27-42(39)50-45)31-22-25-36(26-23-31)49-40-20-9-7-18-37(40)38-19-8-10-21-41(38)49/h1-29H. The SMILES string of the molecule is c1ccc(-c2cccc(-c3nc(-c4ccccc4)nc4c3sc3ccc(-c5ccc(-n6c7ccccc7c7ccccc76)cc5)cc34)c2)cc1. The first-order valence-electron chi connectivity index (χ1n) is 16.8. The van der Waals surface area contributed by atoms with Crippen molar-refractivity contribution in [2.75, 3.05) is 0 Å². The number of fused-ring (bicyclic) bond motifs is 6. The first-order chi connectivity index (χ1) is 24.8. The van der Waals surface area contributed by atoms with Crippen LogP contribution in [0, 0.1) is 0 Å². The number of hydrogen-bond donors (Lipinski definition) is 0. The predicted molar refractivity (Wildman–Crippen MR) is 211 cm³/mol. The predicted octanol–water partition coefficient (Wildman–Crippen LogP) is 12.6. The van der Waals surface area contributed by atoms with Crippen LogP contribution in [0.2, 0.25) is 0 Å². The molecule has 10 rings (SSSR count). The number of nitrogens with zero attached hydrogens (tertiary/aromatic N) is 3. The van der Waals surface area contributed by atoms with Crippen molar-refractivity contribution in [2.45, 2.75) is 0 Å². The molecule has 0 spiro atoms. The lowest BCUT2D eigenvalue weighted by molar-refractivity contribution is 1.18. The molecule has 234 valence electrons. The smallest absolute Gasteiger partial charge is 0.160 e. The fraction of sp³-hybridized carbons (Fsp3) is 0. The Bertz CT molecular complexity index is 2800. The maximum absolute atomic E-state index is 5.24. The summed E-state index contributed by atoms with van der Waals surface area (Å²) in [4.78, 5) is 10.5. The van der Waals surface area contributed by atoms with E-state index < -0.39 is 0 Å². The molecule has 0 fully saturated rings. The molecule has 10 aromatic rings. The van der Waals surface area contributed by atoms with Crippen LogP contribution in [0.3, 0.4) is 0 Å². The van der Waals surface area contributed by atoms with E-state index in [-0.39, 0.29) is 0 Å². The minimum atomic E-state index is 0.735. The van der Waals surface area contributed by atoms with Crippen molar-refractivity contribution in [3.63, 3.8) is 0 Å². The van der Waals surface area contributed by atoms with Crippen LogP contribution in [-0.2, 0) is 0 Å². The highest BCUT2D eigenvalue weighted by Crippen LogP contribution is 2.42. The minimum absolute atomic E-state index is 0.735. The third-order valence-corrected chi connectivity index (χ3v) is 10.8. The van der Waals surface area contributed by atoms with Gasteiger partial charge in [-0.3, -0.25) is 0 Å². The summed E-state index contributed by atoms with van der Waals surface area (Å²) in [5.74, 6) is 0.735. The first kappa shape index (κ1) is 28.6. The van der Waals surface area contributed by atoms with E-state index in [1.54, 1.807) is 11.3 Å². The van der Waals surface area contributed by atoms with Gasteiger partial charge in [0.2, 0.25) is 0 Å². The minimum Gasteiger partial charge on any atom is -0.309 e. The number of rotatable bonds is 5. The summed E-state index contributed by atoms with van der Waals surface area (Å²) < 4.78 is 4.66. The van der Waals surface area contributed by atoms with E-state index in [1.807, 2.05) is 18.2 Å². The second kappa shape index (κ2) is 11.7. The number of hydrogen-bond acceptors (Lipinski definition) is 3. The van der Waals surface area contributed by atoms with Crippen LogP contribution in [0.4, 0.5) is 0 Å². The molecule has 0 atom stereocenters. The summed E-state index contributed by atoms with van der Waals surface area (Å²) in [6.45, 7) is 0. The highest BCUT2D eigenvalue weighted by atomic mass is 32.1. The highest BCUT2D eigenvalue weighted by Gasteiger charge is 2.18. The van der Waals surface area contributed by atoms with Crippen LogP contribution in [0.5, 0.6) is 0 Å². The number of benzene rings is 7. The Labute approximate surface area is 293 Å². The second-order valence-corrected chi connectivity index (χ2v) is 13.7. The number of aromatic nitrogens is 3. The van der Waals surface area contributed by atoms with Gasteiger partial charge in [-0.2, -0.15) is 0 Å². The Morgan fingerprint density at radius 1 is 0.400 bits per heavy atom. The molecule has 0 saturated heterocycles. The van der Waals surface area contributed by atoms with Gasteiger partial charge < -0.3 is 4.57 Å². The molecule has 4 heteroatoms. The fourth-order valence-corrected chi connectivity index (χ4v) is 8.35. The van der Waals surface area contributed by atoms with Gasteiger partial charge in [0.05, 0.1) is 26.9 Å². The highest BCUT2D eigenvalue weighted by molar-refractivity contribution is 7.26. The molecule has 3 nitrogen and oxygen atoms in total. The summed E-state index contributed by atoms with van der Waals surface area (Å²) in [5.41, 5.74) is 12.3. The van der Waals surface area contributed by atoms with Crippen LogP contribution in [0.15, 0.2) is 176 Å². The average Bonchev–Trinajstić information content (AvgIpc) is 3.74. The Kier molecular flexibility index (Phi) is 6.68. The topological polar surface area (TPSA) is 30.7 Å². The molecule has 50 heavy (non-hydrogen) atoms.